The van der Waals surface area contributed by atoms with Crippen LogP contribution in [0.4, 0.5) is 17.1 Å². The molecule has 2 aromatic heterocycles. The van der Waals surface area contributed by atoms with Gasteiger partial charge in [0.15, 0.2) is 5.58 Å². The van der Waals surface area contributed by atoms with E-state index in [1.165, 1.54) is 0 Å². The molecular weight excluding hydrogens is 673 g/mol. The molecule has 0 amide bonds. The third kappa shape index (κ3) is 5.19. The van der Waals surface area contributed by atoms with Gasteiger partial charge in [0.25, 0.3) is 0 Å². The second kappa shape index (κ2) is 12.6. The van der Waals surface area contributed by atoms with Crippen LogP contribution in [0.15, 0.2) is 203 Å². The van der Waals surface area contributed by atoms with Crippen molar-refractivity contribution in [3.63, 3.8) is 0 Å². The first-order chi connectivity index (χ1) is 30.6. The maximum absolute atomic E-state index is 8.89. The number of hydrogen-bond donors (Lipinski definition) is 0. The molecule has 0 bridgehead atoms. The van der Waals surface area contributed by atoms with E-state index in [9.17, 15) is 0 Å². The summed E-state index contributed by atoms with van der Waals surface area (Å²) in [4.78, 5) is 6.96. The molecule has 0 fully saturated rings. The fraction of sp³-hybridized carbons (Fsp3) is 0. The Hall–Kier alpha value is -7.43. The summed E-state index contributed by atoms with van der Waals surface area (Å²) in [6.07, 6.45) is 0. The summed E-state index contributed by atoms with van der Waals surface area (Å²) >= 11 is 0. The number of nitrogens with zero attached hydrogens (tertiary/aromatic N) is 2. The standard InChI is InChI=1S/C51H32N2O2/c1-2-13-33(14-3-1)39-17-4-5-18-40(39)35-15-12-16-37(31-35)53(38-29-30-48-46(32-38)43-21-10-11-24-47(43)54-48)36-27-25-34(26-28-36)51-52-49-44-22-8-6-19-41(44)42-20-7-9-23-45(42)50(49)55-51/h1-32H/i6D,7D,8D,9D,19D,20D,22D,23D. The Morgan fingerprint density at radius 1 is 0.418 bits per heavy atom. The van der Waals surface area contributed by atoms with Crippen molar-refractivity contribution < 1.29 is 19.8 Å². The second-order valence-electron chi connectivity index (χ2n) is 13.3. The van der Waals surface area contributed by atoms with Gasteiger partial charge in [0.1, 0.15) is 16.7 Å². The van der Waals surface area contributed by atoms with Gasteiger partial charge in [0.05, 0.1) is 11.0 Å². The first-order valence-corrected chi connectivity index (χ1v) is 17.9. The summed E-state index contributed by atoms with van der Waals surface area (Å²) < 4.78 is 81.8. The van der Waals surface area contributed by atoms with Crippen molar-refractivity contribution in [3.8, 4) is 33.7 Å². The van der Waals surface area contributed by atoms with Gasteiger partial charge in [-0.25, -0.2) is 4.98 Å². The SMILES string of the molecule is [2H]c1c([2H])c([2H])c2c(c1[2H])c1nc(-c3ccc(N(c4cccc(-c5ccccc5-c5ccccc5)c4)c4ccc5oc6ccccc6c5c4)cc3)oc1c1c([2H])c([2H])c([2H])c([2H])c12. The lowest BCUT2D eigenvalue weighted by Crippen LogP contribution is -2.10. The smallest absolute Gasteiger partial charge is 0.227 e. The molecule has 258 valence electrons. The molecule has 0 N–H and O–H groups in total. The molecule has 11 aromatic rings. The van der Waals surface area contributed by atoms with Crippen molar-refractivity contribution in [2.24, 2.45) is 0 Å². The summed E-state index contributed by atoms with van der Waals surface area (Å²) in [5, 5.41) is 1.88. The molecule has 0 radical (unpaired) electrons. The van der Waals surface area contributed by atoms with E-state index in [2.05, 4.69) is 59.5 Å². The molecule has 0 saturated carbocycles. The summed E-state index contributed by atoms with van der Waals surface area (Å²) in [6, 6.07) is 45.1. The Morgan fingerprint density at radius 2 is 1.04 bits per heavy atom. The molecule has 4 nitrogen and oxygen atoms in total. The van der Waals surface area contributed by atoms with Gasteiger partial charge in [-0.2, -0.15) is 0 Å². The molecule has 2 heterocycles. The Morgan fingerprint density at radius 3 is 1.85 bits per heavy atom. The van der Waals surface area contributed by atoms with E-state index in [4.69, 9.17) is 24.8 Å². The molecular formula is C51H32N2O2. The predicted molar refractivity (Wildman–Crippen MR) is 227 cm³/mol. The van der Waals surface area contributed by atoms with Crippen LogP contribution in [-0.4, -0.2) is 4.98 Å². The first kappa shape index (κ1) is 24.0. The van der Waals surface area contributed by atoms with Gasteiger partial charge in [0.2, 0.25) is 5.89 Å². The molecule has 0 aliphatic heterocycles. The van der Waals surface area contributed by atoms with Crippen molar-refractivity contribution >= 4 is 71.6 Å². The van der Waals surface area contributed by atoms with Gasteiger partial charge in [-0.05, 0) is 93.7 Å². The van der Waals surface area contributed by atoms with Crippen molar-refractivity contribution in [1.29, 1.82) is 0 Å². The average Bonchev–Trinajstić information content (AvgIpc) is 3.93. The van der Waals surface area contributed by atoms with E-state index in [0.717, 1.165) is 61.3 Å². The molecule has 0 aliphatic rings. The van der Waals surface area contributed by atoms with E-state index in [0.29, 0.717) is 5.56 Å². The number of para-hydroxylation sites is 1. The minimum absolute atomic E-state index is 0.00322. The third-order valence-electron chi connectivity index (χ3n) is 10.1. The van der Waals surface area contributed by atoms with Crippen LogP contribution in [0.25, 0.3) is 88.3 Å². The van der Waals surface area contributed by atoms with Crippen LogP contribution in [0, 0.1) is 0 Å². The Kier molecular flexibility index (Phi) is 5.50. The number of fused-ring (bicyclic) bond motifs is 9. The van der Waals surface area contributed by atoms with Crippen molar-refractivity contribution in [2.45, 2.75) is 0 Å². The van der Waals surface area contributed by atoms with E-state index >= 15 is 0 Å². The van der Waals surface area contributed by atoms with Gasteiger partial charge in [-0.1, -0.05) is 133 Å². The van der Waals surface area contributed by atoms with Crippen LogP contribution in [-0.2, 0) is 0 Å². The molecule has 0 saturated heterocycles. The third-order valence-corrected chi connectivity index (χ3v) is 10.1. The number of hydrogen-bond acceptors (Lipinski definition) is 4. The zero-order valence-electron chi connectivity index (χ0n) is 37.1. The molecule has 4 heteroatoms. The van der Waals surface area contributed by atoms with Crippen LogP contribution in [0.5, 0.6) is 0 Å². The summed E-state index contributed by atoms with van der Waals surface area (Å²) in [5.74, 6) is 0.113. The van der Waals surface area contributed by atoms with Crippen LogP contribution in [0.1, 0.15) is 11.0 Å². The molecule has 0 unspecified atom stereocenters. The van der Waals surface area contributed by atoms with E-state index in [1.54, 1.807) is 0 Å². The molecule has 55 heavy (non-hydrogen) atoms. The lowest BCUT2D eigenvalue weighted by molar-refractivity contribution is 0.623. The topological polar surface area (TPSA) is 42.4 Å². The fourth-order valence-corrected chi connectivity index (χ4v) is 7.60. The maximum atomic E-state index is 8.89. The van der Waals surface area contributed by atoms with Crippen LogP contribution in [0.3, 0.4) is 0 Å². The molecule has 11 rings (SSSR count). The zero-order valence-corrected chi connectivity index (χ0v) is 29.1. The highest BCUT2D eigenvalue weighted by molar-refractivity contribution is 6.22. The van der Waals surface area contributed by atoms with Crippen LogP contribution < -0.4 is 4.90 Å². The summed E-state index contributed by atoms with van der Waals surface area (Å²) in [7, 11) is 0. The number of furan rings is 1. The maximum Gasteiger partial charge on any atom is 0.227 e. The summed E-state index contributed by atoms with van der Waals surface area (Å²) in [5.41, 5.74) is 9.13. The minimum atomic E-state index is -0.522. The van der Waals surface area contributed by atoms with Crippen molar-refractivity contribution in [1.82, 2.24) is 4.98 Å². The number of benzene rings is 9. The number of rotatable bonds is 6. The van der Waals surface area contributed by atoms with Gasteiger partial charge in [-0.3, -0.25) is 0 Å². The van der Waals surface area contributed by atoms with Gasteiger partial charge < -0.3 is 13.7 Å². The fourth-order valence-electron chi connectivity index (χ4n) is 7.60. The van der Waals surface area contributed by atoms with Gasteiger partial charge in [-0.15, -0.1) is 0 Å². The number of aromatic nitrogens is 1. The van der Waals surface area contributed by atoms with E-state index in [1.807, 2.05) is 91.0 Å². The highest BCUT2D eigenvalue weighted by Crippen LogP contribution is 2.42. The highest BCUT2D eigenvalue weighted by Gasteiger charge is 2.19. The molecule has 9 aromatic carbocycles. The predicted octanol–water partition coefficient (Wildman–Crippen LogP) is 14.5. The quantitative estimate of drug-likeness (QED) is 0.161. The lowest BCUT2D eigenvalue weighted by atomic mass is 9.94. The minimum Gasteiger partial charge on any atom is -0.456 e. The molecule has 0 aliphatic carbocycles. The van der Waals surface area contributed by atoms with Crippen LogP contribution >= 0.6 is 0 Å². The Labute approximate surface area is 328 Å². The van der Waals surface area contributed by atoms with Crippen molar-refractivity contribution in [2.75, 3.05) is 4.90 Å². The number of oxazole rings is 1. The van der Waals surface area contributed by atoms with Gasteiger partial charge in [0, 0.05) is 44.2 Å². The Bertz CT molecular complexity index is 3580. The lowest BCUT2D eigenvalue weighted by Gasteiger charge is -2.26. The Balaban J connectivity index is 1.09. The monoisotopic (exact) mass is 712 g/mol. The molecule has 0 spiro atoms. The van der Waals surface area contributed by atoms with Crippen molar-refractivity contribution in [3.05, 3.63) is 194 Å². The highest BCUT2D eigenvalue weighted by atomic mass is 16.3. The molecule has 0 atom stereocenters. The average molecular weight is 713 g/mol. The zero-order chi connectivity index (χ0) is 43.3. The second-order valence-corrected chi connectivity index (χ2v) is 13.3. The van der Waals surface area contributed by atoms with Gasteiger partial charge >= 0.3 is 0 Å². The largest absolute Gasteiger partial charge is 0.456 e. The van der Waals surface area contributed by atoms with E-state index in [-0.39, 0.29) is 44.6 Å². The summed E-state index contributed by atoms with van der Waals surface area (Å²) in [6.45, 7) is 0. The first-order valence-electron chi connectivity index (χ1n) is 21.9. The van der Waals surface area contributed by atoms with E-state index < -0.39 is 42.3 Å². The normalized spacial score (nSPS) is 13.7. The number of anilines is 3. The van der Waals surface area contributed by atoms with Crippen LogP contribution in [0.2, 0.25) is 0 Å².